The van der Waals surface area contributed by atoms with E-state index in [9.17, 15) is 4.79 Å². The van der Waals surface area contributed by atoms with Crippen LogP contribution in [0.3, 0.4) is 0 Å². The number of thioether (sulfide) groups is 1. The Bertz CT molecular complexity index is 1220. The van der Waals surface area contributed by atoms with Crippen molar-refractivity contribution >= 4 is 39.9 Å². The summed E-state index contributed by atoms with van der Waals surface area (Å²) in [6.07, 6.45) is -0.332. The molecule has 29 heavy (non-hydrogen) atoms. The molecule has 2 aromatic carbocycles. The van der Waals surface area contributed by atoms with Crippen molar-refractivity contribution in [2.45, 2.75) is 18.8 Å². The van der Waals surface area contributed by atoms with Gasteiger partial charge < -0.3 is 0 Å². The number of hydrogen-bond donors (Lipinski definition) is 1. The van der Waals surface area contributed by atoms with Crippen molar-refractivity contribution in [1.29, 1.82) is 0 Å². The van der Waals surface area contributed by atoms with Crippen molar-refractivity contribution in [2.24, 2.45) is 10.1 Å². The van der Waals surface area contributed by atoms with Crippen LogP contribution in [0.2, 0.25) is 0 Å². The van der Waals surface area contributed by atoms with Gasteiger partial charge in [0.2, 0.25) is 0 Å². The lowest BCUT2D eigenvalue weighted by molar-refractivity contribution is -0.116. The Morgan fingerprint density at radius 2 is 1.93 bits per heavy atom. The summed E-state index contributed by atoms with van der Waals surface area (Å²) in [5, 5.41) is 13.7. The maximum absolute atomic E-state index is 13.1. The highest BCUT2D eigenvalue weighted by molar-refractivity contribution is 8.13. The zero-order valence-corrected chi connectivity index (χ0v) is 17.3. The minimum absolute atomic E-state index is 0.143. The van der Waals surface area contributed by atoms with Crippen molar-refractivity contribution in [3.8, 4) is 0 Å². The van der Waals surface area contributed by atoms with Crippen LogP contribution in [0.15, 0.2) is 76.1 Å². The number of carbonyl (C=O) groups excluding carboxylic acids is 1. The van der Waals surface area contributed by atoms with Gasteiger partial charge in [-0.25, -0.2) is 5.01 Å². The molecule has 5 rings (SSSR count). The summed E-state index contributed by atoms with van der Waals surface area (Å²) >= 11 is 3.14. The van der Waals surface area contributed by atoms with Crippen LogP contribution in [-0.4, -0.2) is 16.1 Å². The summed E-state index contributed by atoms with van der Waals surface area (Å²) in [6.45, 7) is 2.07. The molecular weight excluding hydrogens is 400 g/mol. The molecule has 0 radical (unpaired) electrons. The summed E-state index contributed by atoms with van der Waals surface area (Å²) in [5.41, 5.74) is 2.97. The van der Waals surface area contributed by atoms with Crippen LogP contribution in [0.1, 0.15) is 22.2 Å². The third kappa shape index (κ3) is 3.47. The van der Waals surface area contributed by atoms with E-state index in [1.54, 1.807) is 16.3 Å². The molecule has 1 atom stereocenters. The first-order chi connectivity index (χ1) is 14.2. The average Bonchev–Trinajstić information content (AvgIpc) is 3.27. The van der Waals surface area contributed by atoms with Crippen LogP contribution >= 0.6 is 23.1 Å². The highest BCUT2D eigenvalue weighted by Crippen LogP contribution is 2.33. The Kier molecular flexibility index (Phi) is 4.69. The Hall–Kier alpha value is -2.90. The number of para-hydroxylation sites is 1. The second kappa shape index (κ2) is 7.50. The van der Waals surface area contributed by atoms with Crippen molar-refractivity contribution in [3.63, 3.8) is 0 Å². The number of amides is 1. The fourth-order valence-electron chi connectivity index (χ4n) is 3.35. The van der Waals surface area contributed by atoms with Crippen LogP contribution in [0, 0.1) is 6.92 Å². The van der Waals surface area contributed by atoms with E-state index < -0.39 is 0 Å². The Morgan fingerprint density at radius 1 is 1.10 bits per heavy atom. The van der Waals surface area contributed by atoms with Crippen LogP contribution in [-0.2, 0) is 10.5 Å². The number of carbonyl (C=O) groups is 1. The van der Waals surface area contributed by atoms with Gasteiger partial charge in [0, 0.05) is 11.0 Å². The monoisotopic (exact) mass is 418 g/mol. The molecule has 1 aromatic heterocycles. The van der Waals surface area contributed by atoms with Crippen LogP contribution in [0.5, 0.6) is 0 Å². The summed E-state index contributed by atoms with van der Waals surface area (Å²) < 4.78 is 0. The molecule has 2 aliphatic heterocycles. The maximum Gasteiger partial charge on any atom is 0.276 e. The largest absolute Gasteiger partial charge is 0.298 e. The molecule has 7 heteroatoms. The van der Waals surface area contributed by atoms with E-state index in [0.717, 1.165) is 21.2 Å². The molecule has 3 heterocycles. The molecule has 2 aliphatic rings. The third-order valence-electron chi connectivity index (χ3n) is 4.81. The van der Waals surface area contributed by atoms with Crippen LogP contribution in [0.4, 0.5) is 0 Å². The van der Waals surface area contributed by atoms with E-state index in [1.807, 2.05) is 41.8 Å². The molecule has 144 valence electrons. The summed E-state index contributed by atoms with van der Waals surface area (Å²) in [6, 6.07) is 20.2. The van der Waals surface area contributed by atoms with Gasteiger partial charge in [-0.15, -0.1) is 16.4 Å². The summed E-state index contributed by atoms with van der Waals surface area (Å²) in [5.74, 6) is 0.593. The van der Waals surface area contributed by atoms with Crippen molar-refractivity contribution in [1.82, 2.24) is 10.3 Å². The van der Waals surface area contributed by atoms with Gasteiger partial charge in [-0.1, -0.05) is 65.9 Å². The van der Waals surface area contributed by atoms with Crippen LogP contribution in [0.25, 0.3) is 5.70 Å². The molecule has 1 amide bonds. The third-order valence-corrected chi connectivity index (χ3v) is 6.66. The predicted molar refractivity (Wildman–Crippen MR) is 118 cm³/mol. The number of rotatable bonds is 3. The normalized spacial score (nSPS) is 17.8. The minimum Gasteiger partial charge on any atom is -0.298 e. The maximum atomic E-state index is 13.1. The molecule has 3 aromatic rings. The fraction of sp³-hybridized carbons (Fsp3) is 0.136. The van der Waals surface area contributed by atoms with Gasteiger partial charge >= 0.3 is 0 Å². The first-order valence-corrected chi connectivity index (χ1v) is 11.1. The number of fused-ring (bicyclic) bond motifs is 2. The van der Waals surface area contributed by atoms with E-state index in [2.05, 4.69) is 36.5 Å². The number of nitrogens with zero attached hydrogens (tertiary/aromatic N) is 3. The van der Waals surface area contributed by atoms with Crippen molar-refractivity contribution in [2.75, 3.05) is 0 Å². The first-order valence-electron chi connectivity index (χ1n) is 9.27. The highest BCUT2D eigenvalue weighted by Gasteiger charge is 2.34. The van der Waals surface area contributed by atoms with Gasteiger partial charge in [0.1, 0.15) is 5.70 Å². The number of hydrogen-bond acceptors (Lipinski definition) is 6. The van der Waals surface area contributed by atoms with Gasteiger partial charge in [-0.05, 0) is 30.0 Å². The summed E-state index contributed by atoms with van der Waals surface area (Å²) in [7, 11) is 0. The average molecular weight is 419 g/mol. The first kappa shape index (κ1) is 18.1. The van der Waals surface area contributed by atoms with Gasteiger partial charge in [0.25, 0.3) is 5.91 Å². The number of thiophene rings is 1. The number of aryl methyl sites for hydroxylation is 1. The smallest absolute Gasteiger partial charge is 0.276 e. The zero-order valence-electron chi connectivity index (χ0n) is 15.7. The van der Waals surface area contributed by atoms with E-state index >= 15 is 0 Å². The molecule has 0 saturated heterocycles. The topological polar surface area (TPSA) is 57.1 Å². The second-order valence-electron chi connectivity index (χ2n) is 6.86. The quantitative estimate of drug-likeness (QED) is 0.711. The zero-order chi connectivity index (χ0) is 19.8. The summed E-state index contributed by atoms with van der Waals surface area (Å²) in [4.78, 5) is 19.0. The van der Waals surface area contributed by atoms with Gasteiger partial charge in [-0.2, -0.15) is 0 Å². The lowest BCUT2D eigenvalue weighted by Crippen LogP contribution is -2.50. The lowest BCUT2D eigenvalue weighted by Gasteiger charge is -2.33. The van der Waals surface area contributed by atoms with E-state index in [0.29, 0.717) is 10.9 Å². The van der Waals surface area contributed by atoms with E-state index in [1.165, 1.54) is 22.9 Å². The Labute approximate surface area is 176 Å². The Balaban J connectivity index is 1.53. The predicted octanol–water partition coefficient (Wildman–Crippen LogP) is 3.13. The molecule has 0 bridgehead atoms. The Morgan fingerprint density at radius 3 is 2.72 bits per heavy atom. The second-order valence-corrected chi connectivity index (χ2v) is 8.81. The highest BCUT2D eigenvalue weighted by atomic mass is 32.2. The lowest BCUT2D eigenvalue weighted by atomic mass is 10.1. The number of nitrogens with one attached hydrogen (secondary N) is 1. The molecule has 0 aliphatic carbocycles. The molecule has 0 fully saturated rings. The van der Waals surface area contributed by atoms with E-state index in [-0.39, 0.29) is 12.1 Å². The molecular formula is C22H18N4OS2. The SMILES string of the molecule is Cc1ccc(CSC2=NN3C(=c4ccccc4=N[C@@H]3c3cccs3)C(=O)N2)cc1. The van der Waals surface area contributed by atoms with E-state index in [4.69, 9.17) is 10.1 Å². The number of hydrazone groups is 1. The van der Waals surface area contributed by atoms with Crippen molar-refractivity contribution < 1.29 is 4.79 Å². The fourth-order valence-corrected chi connectivity index (χ4v) is 4.90. The van der Waals surface area contributed by atoms with Gasteiger partial charge in [0.15, 0.2) is 11.3 Å². The standard InChI is InChI=1S/C22H18N4OS2/c1-14-8-10-15(11-9-14)13-29-22-24-21(27)19-16-5-2-3-6-17(16)23-20(26(19)25-22)18-7-4-12-28-18/h2-12,20H,13H2,1H3,(H,24,25,27)/t20-/m0/s1. The molecule has 5 nitrogen and oxygen atoms in total. The molecule has 0 unspecified atom stereocenters. The minimum atomic E-state index is -0.332. The van der Waals surface area contributed by atoms with Crippen molar-refractivity contribution in [3.05, 3.63) is 92.6 Å². The molecule has 0 saturated carbocycles. The number of amidine groups is 1. The molecule has 0 spiro atoms. The van der Waals surface area contributed by atoms with Crippen LogP contribution < -0.4 is 15.9 Å². The van der Waals surface area contributed by atoms with Gasteiger partial charge in [-0.3, -0.25) is 15.1 Å². The van der Waals surface area contributed by atoms with Gasteiger partial charge in [0.05, 0.1) is 10.2 Å². The number of benzene rings is 2. The molecule has 1 N–H and O–H groups in total.